The van der Waals surface area contributed by atoms with Crippen LogP contribution in [0.1, 0.15) is 12.8 Å². The van der Waals surface area contributed by atoms with Gasteiger partial charge >= 0.3 is 6.03 Å². The predicted molar refractivity (Wildman–Crippen MR) is 83.0 cm³/mol. The van der Waals surface area contributed by atoms with E-state index >= 15 is 0 Å². The molecule has 122 valence electrons. The molecule has 1 atom stereocenters. The number of halogens is 2. The third-order valence-corrected chi connectivity index (χ3v) is 5.70. The minimum Gasteiger partial charge on any atom is -0.323 e. The second kappa shape index (κ2) is 6.80. The smallest absolute Gasteiger partial charge is 0.321 e. The molecule has 1 aromatic carbocycles. The average molecular weight is 350 g/mol. The first-order valence-corrected chi connectivity index (χ1v) is 8.69. The van der Waals surface area contributed by atoms with E-state index in [1.807, 2.05) is 0 Å². The van der Waals surface area contributed by atoms with Gasteiger partial charge in [-0.1, -0.05) is 11.6 Å². The fraction of sp³-hybridized carbons (Fsp3) is 0.462. The van der Waals surface area contributed by atoms with Crippen molar-refractivity contribution in [1.29, 1.82) is 0 Å². The van der Waals surface area contributed by atoms with Gasteiger partial charge in [-0.15, -0.1) is 0 Å². The van der Waals surface area contributed by atoms with Gasteiger partial charge in [0.25, 0.3) is 0 Å². The van der Waals surface area contributed by atoms with E-state index in [2.05, 4.69) is 10.0 Å². The maximum absolute atomic E-state index is 13.4. The molecule has 1 aliphatic rings. The van der Waals surface area contributed by atoms with Crippen molar-refractivity contribution in [3.05, 3.63) is 29.0 Å². The van der Waals surface area contributed by atoms with E-state index in [1.54, 1.807) is 0 Å². The summed E-state index contributed by atoms with van der Waals surface area (Å²) in [5, 5.41) is 1.87. The van der Waals surface area contributed by atoms with Crippen molar-refractivity contribution in [3.8, 4) is 0 Å². The summed E-state index contributed by atoms with van der Waals surface area (Å²) in [7, 11) is -2.07. The van der Waals surface area contributed by atoms with Crippen LogP contribution in [-0.4, -0.2) is 44.7 Å². The van der Waals surface area contributed by atoms with E-state index < -0.39 is 27.1 Å². The van der Waals surface area contributed by atoms with Gasteiger partial charge in [0.05, 0.1) is 10.3 Å². The van der Waals surface area contributed by atoms with Crippen LogP contribution >= 0.6 is 11.6 Å². The summed E-state index contributed by atoms with van der Waals surface area (Å²) in [6.07, 6.45) is 1.09. The van der Waals surface area contributed by atoms with E-state index in [-0.39, 0.29) is 17.3 Å². The lowest BCUT2D eigenvalue weighted by Gasteiger charge is -2.32. The van der Waals surface area contributed by atoms with Crippen LogP contribution in [0.5, 0.6) is 0 Å². The van der Waals surface area contributed by atoms with Crippen LogP contribution in [0.3, 0.4) is 0 Å². The number of piperidine rings is 1. The normalized spacial score (nSPS) is 19.0. The van der Waals surface area contributed by atoms with Gasteiger partial charge in [-0.2, -0.15) is 0 Å². The van der Waals surface area contributed by atoms with Crippen LogP contribution in [0.2, 0.25) is 5.02 Å². The van der Waals surface area contributed by atoms with Gasteiger partial charge < -0.3 is 10.2 Å². The first kappa shape index (κ1) is 17.0. The van der Waals surface area contributed by atoms with E-state index in [9.17, 15) is 17.6 Å². The van der Waals surface area contributed by atoms with Gasteiger partial charge in [-0.05, 0) is 38.1 Å². The third-order valence-electron chi connectivity index (χ3n) is 3.56. The number of rotatable bonds is 3. The van der Waals surface area contributed by atoms with Crippen LogP contribution in [0.4, 0.5) is 14.9 Å². The Bertz CT molecular complexity index is 668. The van der Waals surface area contributed by atoms with Crippen LogP contribution in [-0.2, 0) is 10.0 Å². The first-order valence-electron chi connectivity index (χ1n) is 6.77. The van der Waals surface area contributed by atoms with Crippen LogP contribution in [0.25, 0.3) is 0 Å². The monoisotopic (exact) mass is 349 g/mol. The number of urea groups is 1. The Morgan fingerprint density at radius 3 is 2.82 bits per heavy atom. The maximum atomic E-state index is 13.4. The van der Waals surface area contributed by atoms with Crippen LogP contribution in [0.15, 0.2) is 18.2 Å². The van der Waals surface area contributed by atoms with Crippen molar-refractivity contribution in [2.24, 2.45) is 0 Å². The summed E-state index contributed by atoms with van der Waals surface area (Å²) in [5.41, 5.74) is 0.269. The molecule has 0 aromatic heterocycles. The van der Waals surface area contributed by atoms with Crippen LogP contribution < -0.4 is 10.0 Å². The summed E-state index contributed by atoms with van der Waals surface area (Å²) in [5.74, 6) is -0.631. The maximum Gasteiger partial charge on any atom is 0.321 e. The Labute approximate surface area is 133 Å². The summed E-state index contributed by atoms with van der Waals surface area (Å²) in [6, 6.07) is 3.48. The Kier molecular flexibility index (Phi) is 5.25. The molecule has 0 radical (unpaired) electrons. The molecule has 2 rings (SSSR count). The molecule has 2 amide bonds. The van der Waals surface area contributed by atoms with Crippen molar-refractivity contribution in [1.82, 2.24) is 9.62 Å². The Balaban J connectivity index is 2.04. The topological polar surface area (TPSA) is 78.5 Å². The fourth-order valence-electron chi connectivity index (χ4n) is 2.32. The molecule has 1 saturated heterocycles. The lowest BCUT2D eigenvalue weighted by molar-refractivity contribution is 0.200. The highest BCUT2D eigenvalue weighted by atomic mass is 35.5. The number of amides is 2. The number of nitrogens with one attached hydrogen (secondary N) is 2. The molecule has 1 aromatic rings. The number of benzene rings is 1. The molecule has 0 spiro atoms. The molecular weight excluding hydrogens is 333 g/mol. The van der Waals surface area contributed by atoms with Gasteiger partial charge in [-0.25, -0.2) is 22.3 Å². The molecule has 1 heterocycles. The van der Waals surface area contributed by atoms with Crippen molar-refractivity contribution in [3.63, 3.8) is 0 Å². The van der Waals surface area contributed by atoms with Gasteiger partial charge in [0.1, 0.15) is 5.82 Å². The quantitative estimate of drug-likeness (QED) is 0.876. The average Bonchev–Trinajstić information content (AvgIpc) is 2.51. The van der Waals surface area contributed by atoms with Crippen molar-refractivity contribution >= 4 is 33.3 Å². The van der Waals surface area contributed by atoms with Gasteiger partial charge in [-0.3, -0.25) is 0 Å². The summed E-state index contributed by atoms with van der Waals surface area (Å²) in [6.45, 7) is 0.558. The number of sulfonamides is 1. The van der Waals surface area contributed by atoms with E-state index in [4.69, 9.17) is 11.6 Å². The van der Waals surface area contributed by atoms with Crippen LogP contribution in [0, 0.1) is 5.82 Å². The standard InChI is InChI=1S/C13H17ClFN3O3S/c1-16-22(20,21)10-3-2-6-18(8-10)13(19)17-9-4-5-11(14)12(15)7-9/h4-5,7,10,16H,2-3,6,8H2,1H3,(H,17,19). The number of carbonyl (C=O) groups is 1. The molecule has 1 unspecified atom stereocenters. The molecule has 1 aliphatic heterocycles. The largest absolute Gasteiger partial charge is 0.323 e. The van der Waals surface area contributed by atoms with Gasteiger partial charge in [0.15, 0.2) is 0 Å². The molecule has 0 saturated carbocycles. The lowest BCUT2D eigenvalue weighted by Crippen LogP contribution is -2.49. The molecule has 2 N–H and O–H groups in total. The minimum atomic E-state index is -3.42. The second-order valence-corrected chi connectivity index (χ2v) is 7.59. The van der Waals surface area contributed by atoms with Gasteiger partial charge in [0.2, 0.25) is 10.0 Å². The molecule has 1 fully saturated rings. The second-order valence-electron chi connectivity index (χ2n) is 5.02. The molecule has 9 heteroatoms. The SMILES string of the molecule is CNS(=O)(=O)C1CCCN(C(=O)Nc2ccc(Cl)c(F)c2)C1. The van der Waals surface area contributed by atoms with Crippen molar-refractivity contribution < 1.29 is 17.6 Å². The zero-order valence-electron chi connectivity index (χ0n) is 12.0. The van der Waals surface area contributed by atoms with Crippen molar-refractivity contribution in [2.45, 2.75) is 18.1 Å². The highest BCUT2D eigenvalue weighted by Gasteiger charge is 2.31. The Morgan fingerprint density at radius 2 is 2.18 bits per heavy atom. The summed E-state index contributed by atoms with van der Waals surface area (Å²) >= 11 is 5.58. The highest BCUT2D eigenvalue weighted by Crippen LogP contribution is 2.20. The molecular formula is C13H17ClFN3O3S. The molecule has 0 bridgehead atoms. The first-order chi connectivity index (χ1) is 10.3. The number of nitrogens with zero attached hydrogens (tertiary/aromatic N) is 1. The number of likely N-dealkylation sites (tertiary alicyclic amines) is 1. The number of hydrogen-bond donors (Lipinski definition) is 2. The molecule has 22 heavy (non-hydrogen) atoms. The number of hydrogen-bond acceptors (Lipinski definition) is 3. The van der Waals surface area contributed by atoms with Gasteiger partial charge in [0, 0.05) is 18.8 Å². The Morgan fingerprint density at radius 1 is 1.45 bits per heavy atom. The zero-order valence-corrected chi connectivity index (χ0v) is 13.5. The molecule has 0 aliphatic carbocycles. The number of carbonyl (C=O) groups excluding carboxylic acids is 1. The van der Waals surface area contributed by atoms with E-state index in [1.165, 1.54) is 24.1 Å². The zero-order chi connectivity index (χ0) is 16.3. The third kappa shape index (κ3) is 3.88. The highest BCUT2D eigenvalue weighted by molar-refractivity contribution is 7.90. The lowest BCUT2D eigenvalue weighted by atomic mass is 10.1. The summed E-state index contributed by atoms with van der Waals surface area (Å²) in [4.78, 5) is 13.6. The van der Waals surface area contributed by atoms with E-state index in [0.717, 1.165) is 6.07 Å². The van der Waals surface area contributed by atoms with Crippen molar-refractivity contribution in [2.75, 3.05) is 25.5 Å². The predicted octanol–water partition coefficient (Wildman–Crippen LogP) is 2.02. The number of anilines is 1. The fourth-order valence-corrected chi connectivity index (χ4v) is 3.62. The molecule has 6 nitrogen and oxygen atoms in total. The minimum absolute atomic E-state index is 0.0313. The Hall–Kier alpha value is -1.38. The summed E-state index contributed by atoms with van der Waals surface area (Å²) < 4.78 is 39.3. The van der Waals surface area contributed by atoms with E-state index in [0.29, 0.717) is 19.4 Å².